The highest BCUT2D eigenvalue weighted by atomic mass is 127. The molecule has 8 heteroatoms. The van der Waals surface area contributed by atoms with Gasteiger partial charge in [0.05, 0.1) is 20.1 Å². The molecule has 0 atom stereocenters. The molecule has 138 valence electrons. The van der Waals surface area contributed by atoms with E-state index in [2.05, 4.69) is 15.6 Å². The first-order valence-corrected chi connectivity index (χ1v) is 7.58. The zero-order valence-electron chi connectivity index (χ0n) is 14.2. The number of hydrogen-bond acceptors (Lipinski definition) is 2. The van der Waals surface area contributed by atoms with Crippen LogP contribution in [0.4, 0.5) is 13.2 Å². The summed E-state index contributed by atoms with van der Waals surface area (Å²) in [7, 11) is 1.62. The average molecular weight is 459 g/mol. The molecule has 0 unspecified atom stereocenters. The molecule has 1 aromatic carbocycles. The van der Waals surface area contributed by atoms with Crippen LogP contribution in [0.5, 0.6) is 5.75 Å². The molecule has 0 aromatic heterocycles. The van der Waals surface area contributed by atoms with E-state index in [9.17, 15) is 13.2 Å². The van der Waals surface area contributed by atoms with Crippen LogP contribution >= 0.6 is 24.0 Å². The highest BCUT2D eigenvalue weighted by molar-refractivity contribution is 14.0. The molecule has 0 aliphatic heterocycles. The van der Waals surface area contributed by atoms with Gasteiger partial charge in [-0.1, -0.05) is 17.7 Å². The Kier molecular flexibility index (Phi) is 10.8. The van der Waals surface area contributed by atoms with Gasteiger partial charge in [-0.15, -0.1) is 24.0 Å². The van der Waals surface area contributed by atoms with Crippen molar-refractivity contribution in [2.75, 3.05) is 26.7 Å². The molecule has 0 radical (unpaired) electrons. The van der Waals surface area contributed by atoms with Gasteiger partial charge in [-0.2, -0.15) is 13.2 Å². The van der Waals surface area contributed by atoms with Gasteiger partial charge in [-0.05, 0) is 31.9 Å². The van der Waals surface area contributed by atoms with Crippen molar-refractivity contribution >= 4 is 29.9 Å². The fourth-order valence-electron chi connectivity index (χ4n) is 2.05. The van der Waals surface area contributed by atoms with Gasteiger partial charge in [0.2, 0.25) is 0 Å². The predicted molar refractivity (Wildman–Crippen MR) is 102 cm³/mol. The maximum absolute atomic E-state index is 12.2. The summed E-state index contributed by atoms with van der Waals surface area (Å²) in [6.07, 6.45) is -4.42. The monoisotopic (exact) mass is 459 g/mol. The van der Waals surface area contributed by atoms with Crippen molar-refractivity contribution in [3.8, 4) is 5.75 Å². The number of methoxy groups -OCH3 is 1. The molecule has 0 bridgehead atoms. The number of ether oxygens (including phenoxy) is 1. The zero-order chi connectivity index (χ0) is 17.3. The molecular formula is C16H25F3IN3O. The summed E-state index contributed by atoms with van der Waals surface area (Å²) >= 11 is 0. The maximum atomic E-state index is 12.2. The lowest BCUT2D eigenvalue weighted by Gasteiger charge is -2.13. The number of benzene rings is 1. The Morgan fingerprint density at radius 1 is 1.25 bits per heavy atom. The predicted octanol–water partition coefficient (Wildman–Crippen LogP) is 3.67. The van der Waals surface area contributed by atoms with E-state index in [4.69, 9.17) is 4.74 Å². The molecule has 1 aromatic rings. The van der Waals surface area contributed by atoms with Crippen molar-refractivity contribution in [3.05, 3.63) is 29.3 Å². The molecule has 0 saturated carbocycles. The minimum atomic E-state index is -4.18. The Balaban J connectivity index is 0.00000529. The molecule has 0 amide bonds. The Hall–Kier alpha value is -1.19. The van der Waals surface area contributed by atoms with E-state index >= 15 is 0 Å². The summed E-state index contributed by atoms with van der Waals surface area (Å²) in [5.74, 6) is 1.19. The van der Waals surface area contributed by atoms with Gasteiger partial charge in [0.25, 0.3) is 0 Å². The van der Waals surface area contributed by atoms with Crippen LogP contribution in [-0.4, -0.2) is 38.9 Å². The summed E-state index contributed by atoms with van der Waals surface area (Å²) in [6, 6.07) is 5.92. The van der Waals surface area contributed by atoms with E-state index < -0.39 is 12.6 Å². The fraction of sp³-hybridized carbons (Fsp3) is 0.562. The Morgan fingerprint density at radius 3 is 2.54 bits per heavy atom. The number of alkyl halides is 3. The van der Waals surface area contributed by atoms with Gasteiger partial charge in [-0.3, -0.25) is 4.99 Å². The van der Waals surface area contributed by atoms with Crippen LogP contribution in [0.3, 0.4) is 0 Å². The number of nitrogens with zero attached hydrogens (tertiary/aromatic N) is 1. The van der Waals surface area contributed by atoms with Crippen molar-refractivity contribution in [1.29, 1.82) is 0 Å². The molecule has 0 heterocycles. The average Bonchev–Trinajstić information content (AvgIpc) is 2.46. The first-order chi connectivity index (χ1) is 10.9. The molecule has 1 rings (SSSR count). The van der Waals surface area contributed by atoms with Crippen molar-refractivity contribution in [2.45, 2.75) is 32.9 Å². The summed E-state index contributed by atoms with van der Waals surface area (Å²) in [5, 5.41) is 5.98. The van der Waals surface area contributed by atoms with Crippen LogP contribution in [0.1, 0.15) is 24.5 Å². The normalized spacial score (nSPS) is 11.7. The number of nitrogens with one attached hydrogen (secondary N) is 2. The van der Waals surface area contributed by atoms with Crippen LogP contribution in [0.2, 0.25) is 0 Å². The van der Waals surface area contributed by atoms with E-state index in [1.165, 1.54) is 0 Å². The molecule has 0 aliphatic carbocycles. The van der Waals surface area contributed by atoms with Crippen LogP contribution in [-0.2, 0) is 6.42 Å². The van der Waals surface area contributed by atoms with Crippen LogP contribution in [0.25, 0.3) is 0 Å². The first kappa shape index (κ1) is 22.8. The molecule has 4 nitrogen and oxygen atoms in total. The molecule has 2 N–H and O–H groups in total. The van der Waals surface area contributed by atoms with Crippen LogP contribution in [0, 0.1) is 6.92 Å². The van der Waals surface area contributed by atoms with E-state index in [-0.39, 0.29) is 30.5 Å². The molecule has 0 saturated heterocycles. The van der Waals surface area contributed by atoms with Crippen molar-refractivity contribution < 1.29 is 17.9 Å². The van der Waals surface area contributed by atoms with Crippen molar-refractivity contribution in [2.24, 2.45) is 4.99 Å². The van der Waals surface area contributed by atoms with Crippen LogP contribution < -0.4 is 15.4 Å². The molecule has 0 fully saturated rings. The topological polar surface area (TPSA) is 45.7 Å². The summed E-state index contributed by atoms with van der Waals surface area (Å²) < 4.78 is 41.8. The van der Waals surface area contributed by atoms with Gasteiger partial charge >= 0.3 is 6.18 Å². The largest absolute Gasteiger partial charge is 0.496 e. The zero-order valence-corrected chi connectivity index (χ0v) is 16.5. The number of aryl methyl sites for hydroxylation is 1. The van der Waals surface area contributed by atoms with Gasteiger partial charge in [-0.25, -0.2) is 0 Å². The van der Waals surface area contributed by atoms with E-state index in [1.54, 1.807) is 7.11 Å². The van der Waals surface area contributed by atoms with E-state index in [0.29, 0.717) is 25.5 Å². The number of halogens is 4. The van der Waals surface area contributed by atoms with Gasteiger partial charge in [0.1, 0.15) is 5.75 Å². The van der Waals surface area contributed by atoms with E-state index in [0.717, 1.165) is 16.9 Å². The Morgan fingerprint density at radius 2 is 1.96 bits per heavy atom. The van der Waals surface area contributed by atoms with Crippen LogP contribution in [0.15, 0.2) is 23.2 Å². The third kappa shape index (κ3) is 9.19. The molecule has 24 heavy (non-hydrogen) atoms. The van der Waals surface area contributed by atoms with Crippen molar-refractivity contribution in [1.82, 2.24) is 10.6 Å². The van der Waals surface area contributed by atoms with Gasteiger partial charge in [0.15, 0.2) is 5.96 Å². The third-order valence-electron chi connectivity index (χ3n) is 3.13. The molecule has 0 spiro atoms. The highest BCUT2D eigenvalue weighted by Crippen LogP contribution is 2.20. The Labute approximate surface area is 158 Å². The van der Waals surface area contributed by atoms with Gasteiger partial charge in [0, 0.05) is 13.1 Å². The standard InChI is InChI=1S/C16H24F3N3O.HI/c1-4-20-15(22-10-8-16(17,18)19)21-9-7-13-11-12(2)5-6-14(13)23-3;/h5-6,11H,4,7-10H2,1-3H3,(H2,20,21,22);1H. The Bertz CT molecular complexity index is 522. The smallest absolute Gasteiger partial charge is 0.390 e. The fourth-order valence-corrected chi connectivity index (χ4v) is 2.05. The summed E-state index contributed by atoms with van der Waals surface area (Å²) in [6.45, 7) is 4.72. The lowest BCUT2D eigenvalue weighted by atomic mass is 10.1. The van der Waals surface area contributed by atoms with Crippen molar-refractivity contribution in [3.63, 3.8) is 0 Å². The summed E-state index contributed by atoms with van der Waals surface area (Å²) in [5.41, 5.74) is 2.18. The second-order valence-corrected chi connectivity index (χ2v) is 5.12. The summed E-state index contributed by atoms with van der Waals surface area (Å²) in [4.78, 5) is 3.93. The minimum Gasteiger partial charge on any atom is -0.496 e. The van der Waals surface area contributed by atoms with Gasteiger partial charge < -0.3 is 15.4 Å². The lowest BCUT2D eigenvalue weighted by molar-refractivity contribution is -0.132. The molecule has 0 aliphatic rings. The number of guanidine groups is 1. The molecular weight excluding hydrogens is 434 g/mol. The first-order valence-electron chi connectivity index (χ1n) is 7.58. The highest BCUT2D eigenvalue weighted by Gasteiger charge is 2.26. The SMILES string of the molecule is CCNC(=NCCC(F)(F)F)NCCc1cc(C)ccc1OC.I. The number of rotatable bonds is 7. The lowest BCUT2D eigenvalue weighted by Crippen LogP contribution is -2.38. The number of aliphatic imine (C=N–C) groups is 1. The number of hydrogen-bond donors (Lipinski definition) is 2. The third-order valence-corrected chi connectivity index (χ3v) is 3.13. The minimum absolute atomic E-state index is 0. The maximum Gasteiger partial charge on any atom is 0.390 e. The second-order valence-electron chi connectivity index (χ2n) is 5.12. The van der Waals surface area contributed by atoms with E-state index in [1.807, 2.05) is 32.0 Å². The quantitative estimate of drug-likeness (QED) is 0.372. The second kappa shape index (κ2) is 11.4.